The van der Waals surface area contributed by atoms with Crippen molar-refractivity contribution in [1.82, 2.24) is 4.98 Å². The molecule has 0 saturated heterocycles. The van der Waals surface area contributed by atoms with Gasteiger partial charge in [0.15, 0.2) is 12.6 Å². The van der Waals surface area contributed by atoms with Crippen molar-refractivity contribution in [2.24, 2.45) is 0 Å². The summed E-state index contributed by atoms with van der Waals surface area (Å²) < 4.78 is 17.4. The minimum Gasteiger partial charge on any atom is -0.488 e. The second-order valence-corrected chi connectivity index (χ2v) is 10.7. The summed E-state index contributed by atoms with van der Waals surface area (Å²) in [7, 11) is 0. The molecule has 0 aliphatic carbocycles. The van der Waals surface area contributed by atoms with Gasteiger partial charge in [-0.1, -0.05) is 71.7 Å². The minimum absolute atomic E-state index is 0.00198. The Bertz CT molecular complexity index is 1900. The molecule has 9 heteroatoms. The monoisotopic (exact) mass is 636 g/mol. The molecule has 0 unspecified atom stereocenters. The van der Waals surface area contributed by atoms with E-state index >= 15 is 0 Å². The quantitative estimate of drug-likeness (QED) is 0.100. The van der Waals surface area contributed by atoms with E-state index in [4.69, 9.17) is 44.0 Å². The van der Waals surface area contributed by atoms with Crippen LogP contribution in [0.25, 0.3) is 27.1 Å². The number of ether oxygens (including phenoxy) is 3. The Morgan fingerprint density at radius 2 is 1.56 bits per heavy atom. The van der Waals surface area contributed by atoms with Gasteiger partial charge in [-0.3, -0.25) is 14.6 Å². The lowest BCUT2D eigenvalue weighted by molar-refractivity contribution is -0.109. The van der Waals surface area contributed by atoms with Crippen molar-refractivity contribution in [3.63, 3.8) is 0 Å². The maximum absolute atomic E-state index is 11.7. The Labute approximate surface area is 270 Å². The third-order valence-electron chi connectivity index (χ3n) is 7.10. The van der Waals surface area contributed by atoms with Crippen LogP contribution in [0.5, 0.6) is 17.2 Å². The van der Waals surface area contributed by atoms with Crippen LogP contribution in [0.3, 0.4) is 0 Å². The third kappa shape index (κ3) is 7.32. The topological polar surface area (TPSA) is 79.1 Å². The van der Waals surface area contributed by atoms with Crippen molar-refractivity contribution in [1.29, 1.82) is 0 Å². The van der Waals surface area contributed by atoms with Crippen LogP contribution in [0.1, 0.15) is 27.0 Å². The molecule has 0 aliphatic rings. The fourth-order valence-electron chi connectivity index (χ4n) is 4.76. The van der Waals surface area contributed by atoms with Crippen LogP contribution in [0.2, 0.25) is 10.0 Å². The summed E-state index contributed by atoms with van der Waals surface area (Å²) in [6, 6.07) is 24.0. The first-order valence-electron chi connectivity index (χ1n) is 13.8. The van der Waals surface area contributed by atoms with Gasteiger partial charge in [0.2, 0.25) is 5.69 Å². The average Bonchev–Trinajstić information content (AvgIpc) is 3.07. The van der Waals surface area contributed by atoms with E-state index in [0.29, 0.717) is 46.1 Å². The van der Waals surface area contributed by atoms with E-state index < -0.39 is 0 Å². The van der Waals surface area contributed by atoms with Gasteiger partial charge in [-0.05, 0) is 59.0 Å². The lowest BCUT2D eigenvalue weighted by atomic mass is 9.94. The SMILES string of the molecule is [C-]#[N+]c1cncc(COc2cc(OCc3cccc(-c4cccc(-c5ccc(OCC=O)cc5)c4Cl)c3C)c(Cl)cc2C=O)c1. The van der Waals surface area contributed by atoms with E-state index in [1.165, 1.54) is 12.3 Å². The minimum atomic E-state index is -0.00198. The molecular formula is C36H26Cl2N2O5. The van der Waals surface area contributed by atoms with E-state index in [1.54, 1.807) is 30.5 Å². The van der Waals surface area contributed by atoms with Crippen LogP contribution in [0, 0.1) is 13.5 Å². The number of rotatable bonds is 12. The summed E-state index contributed by atoms with van der Waals surface area (Å²) in [4.78, 5) is 29.8. The number of halogens is 2. The van der Waals surface area contributed by atoms with Crippen molar-refractivity contribution >= 4 is 41.5 Å². The highest BCUT2D eigenvalue weighted by Crippen LogP contribution is 2.39. The van der Waals surface area contributed by atoms with E-state index in [0.717, 1.165) is 33.4 Å². The number of benzene rings is 4. The van der Waals surface area contributed by atoms with Crippen molar-refractivity contribution in [2.75, 3.05) is 6.61 Å². The number of aldehydes is 2. The molecule has 0 atom stereocenters. The molecule has 0 saturated carbocycles. The maximum Gasteiger partial charge on any atom is 0.205 e. The summed E-state index contributed by atoms with van der Waals surface area (Å²) in [6.45, 7) is 9.49. The van der Waals surface area contributed by atoms with Crippen LogP contribution in [-0.4, -0.2) is 24.2 Å². The number of hydrogen-bond donors (Lipinski definition) is 0. The van der Waals surface area contributed by atoms with Crippen LogP contribution in [0.4, 0.5) is 5.69 Å². The average molecular weight is 638 g/mol. The predicted molar refractivity (Wildman–Crippen MR) is 175 cm³/mol. The zero-order valence-corrected chi connectivity index (χ0v) is 25.6. The highest BCUT2D eigenvalue weighted by atomic mass is 35.5. The molecule has 7 nitrogen and oxygen atoms in total. The number of pyridine rings is 1. The number of carbonyl (C=O) groups excluding carboxylic acids is 2. The van der Waals surface area contributed by atoms with Gasteiger partial charge in [0.05, 0.1) is 22.2 Å². The summed E-state index contributed by atoms with van der Waals surface area (Å²) in [6.07, 6.45) is 4.44. The Balaban J connectivity index is 1.36. The smallest absolute Gasteiger partial charge is 0.205 e. The van der Waals surface area contributed by atoms with Crippen LogP contribution < -0.4 is 14.2 Å². The van der Waals surface area contributed by atoms with Gasteiger partial charge in [0, 0.05) is 29.6 Å². The first kappa shape index (κ1) is 31.3. The van der Waals surface area contributed by atoms with E-state index in [1.807, 2.05) is 55.5 Å². The molecule has 0 N–H and O–H groups in total. The molecule has 45 heavy (non-hydrogen) atoms. The van der Waals surface area contributed by atoms with E-state index in [-0.39, 0.29) is 30.4 Å². The number of aromatic nitrogens is 1. The molecule has 0 bridgehead atoms. The molecule has 0 amide bonds. The Morgan fingerprint density at radius 3 is 2.31 bits per heavy atom. The third-order valence-corrected chi connectivity index (χ3v) is 7.80. The summed E-state index contributed by atoms with van der Waals surface area (Å²) >= 11 is 13.4. The van der Waals surface area contributed by atoms with Crippen LogP contribution in [-0.2, 0) is 18.0 Å². The lowest BCUT2D eigenvalue weighted by Gasteiger charge is -2.17. The van der Waals surface area contributed by atoms with Gasteiger partial charge in [0.1, 0.15) is 37.1 Å². The number of nitrogens with zero attached hydrogens (tertiary/aromatic N) is 2. The summed E-state index contributed by atoms with van der Waals surface area (Å²) in [5.41, 5.74) is 6.87. The fraction of sp³-hybridized carbons (Fsp3) is 0.111. The lowest BCUT2D eigenvalue weighted by Crippen LogP contribution is -2.03. The Kier molecular flexibility index (Phi) is 10.1. The summed E-state index contributed by atoms with van der Waals surface area (Å²) in [5, 5.41) is 0.875. The largest absolute Gasteiger partial charge is 0.488 e. The highest BCUT2D eigenvalue weighted by Gasteiger charge is 2.16. The Hall–Kier alpha value is -5.16. The van der Waals surface area contributed by atoms with Gasteiger partial charge >= 0.3 is 0 Å². The second-order valence-electron chi connectivity index (χ2n) is 9.94. The molecule has 0 radical (unpaired) electrons. The van der Waals surface area contributed by atoms with Gasteiger partial charge in [0.25, 0.3) is 0 Å². The van der Waals surface area contributed by atoms with Crippen molar-refractivity contribution in [3.8, 4) is 39.5 Å². The number of carbonyl (C=O) groups is 2. The summed E-state index contributed by atoms with van der Waals surface area (Å²) in [5.74, 6) is 1.26. The standard InChI is InChI=1S/C36H26Cl2N2O5/c1-23-26(22-45-35-17-34(27(20-42)16-33(35)37)44-21-24-15-28(39-2)19-40-18-24)5-3-6-30(23)32-8-4-7-31(36(32)38)25-9-11-29(12-10-25)43-14-13-41/h3-13,15-20H,14,21-22H2,1H3. The van der Waals surface area contributed by atoms with Gasteiger partial charge in [-0.2, -0.15) is 0 Å². The van der Waals surface area contributed by atoms with Crippen molar-refractivity contribution in [2.45, 2.75) is 20.1 Å². The molecule has 0 fully saturated rings. The van der Waals surface area contributed by atoms with Crippen molar-refractivity contribution < 1.29 is 23.8 Å². The molecule has 1 aromatic heterocycles. The van der Waals surface area contributed by atoms with Gasteiger partial charge < -0.3 is 14.2 Å². The maximum atomic E-state index is 11.7. The molecule has 0 aliphatic heterocycles. The zero-order valence-electron chi connectivity index (χ0n) is 24.1. The number of hydrogen-bond acceptors (Lipinski definition) is 6. The first-order chi connectivity index (χ1) is 21.9. The predicted octanol–water partition coefficient (Wildman–Crippen LogP) is 9.13. The Morgan fingerprint density at radius 1 is 0.822 bits per heavy atom. The van der Waals surface area contributed by atoms with Gasteiger partial charge in [-0.15, -0.1) is 0 Å². The fourth-order valence-corrected chi connectivity index (χ4v) is 5.33. The molecule has 1 heterocycles. The molecule has 4 aromatic carbocycles. The van der Waals surface area contributed by atoms with Gasteiger partial charge in [-0.25, -0.2) is 4.85 Å². The molecule has 224 valence electrons. The highest BCUT2D eigenvalue weighted by molar-refractivity contribution is 6.36. The second kappa shape index (κ2) is 14.5. The zero-order chi connectivity index (χ0) is 31.8. The van der Waals surface area contributed by atoms with E-state index in [2.05, 4.69) is 9.83 Å². The van der Waals surface area contributed by atoms with Crippen LogP contribution >= 0.6 is 23.2 Å². The molecule has 5 rings (SSSR count). The molecule has 5 aromatic rings. The first-order valence-corrected chi connectivity index (χ1v) is 14.6. The molecule has 0 spiro atoms. The molecular weight excluding hydrogens is 611 g/mol. The van der Waals surface area contributed by atoms with E-state index in [9.17, 15) is 9.59 Å². The normalized spacial score (nSPS) is 10.5. The van der Waals surface area contributed by atoms with Crippen molar-refractivity contribution in [3.05, 3.63) is 135 Å². The van der Waals surface area contributed by atoms with Crippen LogP contribution in [0.15, 0.2) is 91.3 Å².